The summed E-state index contributed by atoms with van der Waals surface area (Å²) in [6.07, 6.45) is 1.31. The van der Waals surface area contributed by atoms with Crippen LogP contribution in [0, 0.1) is 6.92 Å². The molecule has 0 aliphatic rings. The van der Waals surface area contributed by atoms with Crippen LogP contribution in [0.4, 0.5) is 0 Å². The largest absolute Gasteiger partial charge is 0.385 e. The van der Waals surface area contributed by atoms with Gasteiger partial charge in [0.2, 0.25) is 0 Å². The molecule has 0 spiro atoms. The Morgan fingerprint density at radius 3 is 2.80 bits per heavy atom. The number of ether oxygens (including phenoxy) is 1. The second kappa shape index (κ2) is 6.03. The number of ketones is 1. The third kappa shape index (κ3) is 3.76. The van der Waals surface area contributed by atoms with Gasteiger partial charge in [-0.3, -0.25) is 4.79 Å². The molecule has 0 amide bonds. The van der Waals surface area contributed by atoms with Crippen molar-refractivity contribution in [3.63, 3.8) is 0 Å². The van der Waals surface area contributed by atoms with Crippen molar-refractivity contribution in [1.82, 2.24) is 0 Å². The van der Waals surface area contributed by atoms with Gasteiger partial charge < -0.3 is 4.74 Å². The normalized spacial score (nSPS) is 10.3. The predicted molar refractivity (Wildman–Crippen MR) is 64.3 cm³/mol. The zero-order valence-electron chi connectivity index (χ0n) is 9.05. The lowest BCUT2D eigenvalue weighted by atomic mass is 10.1. The van der Waals surface area contributed by atoms with Gasteiger partial charge in [0.1, 0.15) is 0 Å². The molecule has 3 heteroatoms. The molecule has 0 bridgehead atoms. The van der Waals surface area contributed by atoms with Crippen LogP contribution >= 0.6 is 15.9 Å². The van der Waals surface area contributed by atoms with Crippen LogP contribution < -0.4 is 0 Å². The number of carbonyl (C=O) groups excluding carboxylic acids is 1. The third-order valence-electron chi connectivity index (χ3n) is 2.18. The number of methoxy groups -OCH3 is 1. The summed E-state index contributed by atoms with van der Waals surface area (Å²) in [4.78, 5) is 11.8. The van der Waals surface area contributed by atoms with E-state index in [2.05, 4.69) is 15.9 Å². The van der Waals surface area contributed by atoms with Gasteiger partial charge in [-0.1, -0.05) is 28.1 Å². The van der Waals surface area contributed by atoms with Crippen LogP contribution in [0.1, 0.15) is 28.8 Å². The zero-order valence-corrected chi connectivity index (χ0v) is 10.6. The van der Waals surface area contributed by atoms with Crippen LogP contribution in [-0.4, -0.2) is 19.5 Å². The molecular weight excluding hydrogens is 256 g/mol. The van der Waals surface area contributed by atoms with E-state index in [4.69, 9.17) is 4.74 Å². The zero-order chi connectivity index (χ0) is 11.3. The topological polar surface area (TPSA) is 26.3 Å². The molecule has 0 saturated heterocycles. The van der Waals surface area contributed by atoms with Gasteiger partial charge in [-0.05, 0) is 25.0 Å². The molecule has 0 aliphatic carbocycles. The first-order chi connectivity index (χ1) is 7.15. The van der Waals surface area contributed by atoms with E-state index in [1.807, 2.05) is 25.1 Å². The van der Waals surface area contributed by atoms with Gasteiger partial charge in [0.25, 0.3) is 0 Å². The van der Waals surface area contributed by atoms with E-state index < -0.39 is 0 Å². The molecule has 1 aromatic rings. The van der Waals surface area contributed by atoms with E-state index in [1.165, 1.54) is 0 Å². The Balaban J connectivity index is 2.65. The summed E-state index contributed by atoms with van der Waals surface area (Å²) >= 11 is 3.40. The number of hydrogen-bond donors (Lipinski definition) is 0. The van der Waals surface area contributed by atoms with Gasteiger partial charge in [-0.15, -0.1) is 0 Å². The number of halogens is 1. The van der Waals surface area contributed by atoms with Crippen LogP contribution in [-0.2, 0) is 4.74 Å². The van der Waals surface area contributed by atoms with Crippen molar-refractivity contribution in [3.05, 3.63) is 33.8 Å². The highest BCUT2D eigenvalue weighted by Gasteiger charge is 2.09. The van der Waals surface area contributed by atoms with Crippen molar-refractivity contribution in [2.45, 2.75) is 19.8 Å². The SMILES string of the molecule is COCCCC(=O)c1ccc(C)cc1Br. The van der Waals surface area contributed by atoms with Crippen LogP contribution in [0.2, 0.25) is 0 Å². The van der Waals surface area contributed by atoms with Crippen molar-refractivity contribution in [2.24, 2.45) is 0 Å². The van der Waals surface area contributed by atoms with Crippen molar-refractivity contribution in [2.75, 3.05) is 13.7 Å². The fraction of sp³-hybridized carbons (Fsp3) is 0.417. The minimum atomic E-state index is 0.166. The second-order valence-corrected chi connectivity index (χ2v) is 4.36. The number of rotatable bonds is 5. The van der Waals surface area contributed by atoms with E-state index in [-0.39, 0.29) is 5.78 Å². The average Bonchev–Trinajstić information content (AvgIpc) is 2.17. The van der Waals surface area contributed by atoms with Crippen LogP contribution in [0.3, 0.4) is 0 Å². The highest BCUT2D eigenvalue weighted by atomic mass is 79.9. The molecule has 2 nitrogen and oxygen atoms in total. The minimum Gasteiger partial charge on any atom is -0.385 e. The maximum absolute atomic E-state index is 11.8. The monoisotopic (exact) mass is 270 g/mol. The van der Waals surface area contributed by atoms with Gasteiger partial charge >= 0.3 is 0 Å². The Hall–Kier alpha value is -0.670. The molecule has 0 aromatic heterocycles. The molecule has 82 valence electrons. The number of Topliss-reactive ketones (excluding diaryl/α,β-unsaturated/α-hetero) is 1. The fourth-order valence-electron chi connectivity index (χ4n) is 1.36. The van der Waals surface area contributed by atoms with Gasteiger partial charge in [0.05, 0.1) is 0 Å². The quantitative estimate of drug-likeness (QED) is 0.606. The third-order valence-corrected chi connectivity index (χ3v) is 2.83. The summed E-state index contributed by atoms with van der Waals surface area (Å²) in [5.41, 5.74) is 1.91. The molecule has 1 rings (SSSR count). The van der Waals surface area contributed by atoms with Crippen LogP contribution in [0.15, 0.2) is 22.7 Å². The first-order valence-corrected chi connectivity index (χ1v) is 5.72. The Labute approximate surface area is 98.8 Å². The van der Waals surface area contributed by atoms with E-state index in [9.17, 15) is 4.79 Å². The summed E-state index contributed by atoms with van der Waals surface area (Å²) in [6, 6.07) is 5.78. The average molecular weight is 271 g/mol. The molecule has 15 heavy (non-hydrogen) atoms. The lowest BCUT2D eigenvalue weighted by Crippen LogP contribution is -2.02. The highest BCUT2D eigenvalue weighted by Crippen LogP contribution is 2.20. The Kier molecular flexibility index (Phi) is 4.99. The molecule has 0 atom stereocenters. The lowest BCUT2D eigenvalue weighted by Gasteiger charge is -2.04. The molecule has 0 radical (unpaired) electrons. The van der Waals surface area contributed by atoms with E-state index in [1.54, 1.807) is 7.11 Å². The molecule has 0 saturated carbocycles. The standard InChI is InChI=1S/C12H15BrO2/c1-9-5-6-10(11(13)8-9)12(14)4-3-7-15-2/h5-6,8H,3-4,7H2,1-2H3. The number of benzene rings is 1. The van der Waals surface area contributed by atoms with Crippen molar-refractivity contribution >= 4 is 21.7 Å². The van der Waals surface area contributed by atoms with Crippen molar-refractivity contribution in [3.8, 4) is 0 Å². The minimum absolute atomic E-state index is 0.166. The molecule has 0 fully saturated rings. The van der Waals surface area contributed by atoms with Gasteiger partial charge in [0, 0.05) is 30.2 Å². The molecule has 1 aromatic carbocycles. The highest BCUT2D eigenvalue weighted by molar-refractivity contribution is 9.10. The Morgan fingerprint density at radius 1 is 1.47 bits per heavy atom. The fourth-order valence-corrected chi connectivity index (χ4v) is 2.07. The number of aryl methyl sites for hydroxylation is 1. The van der Waals surface area contributed by atoms with Crippen LogP contribution in [0.5, 0.6) is 0 Å². The maximum Gasteiger partial charge on any atom is 0.164 e. The number of carbonyl (C=O) groups is 1. The van der Waals surface area contributed by atoms with E-state index in [0.717, 1.165) is 22.0 Å². The van der Waals surface area contributed by atoms with Crippen molar-refractivity contribution < 1.29 is 9.53 Å². The summed E-state index contributed by atoms with van der Waals surface area (Å²) in [5.74, 6) is 0.166. The van der Waals surface area contributed by atoms with Gasteiger partial charge in [-0.2, -0.15) is 0 Å². The lowest BCUT2D eigenvalue weighted by molar-refractivity contribution is 0.0962. The van der Waals surface area contributed by atoms with Crippen molar-refractivity contribution in [1.29, 1.82) is 0 Å². The summed E-state index contributed by atoms with van der Waals surface area (Å²) in [7, 11) is 1.65. The Bertz CT molecular complexity index is 347. The Morgan fingerprint density at radius 2 is 2.20 bits per heavy atom. The summed E-state index contributed by atoms with van der Waals surface area (Å²) in [6.45, 7) is 2.64. The van der Waals surface area contributed by atoms with Gasteiger partial charge in [-0.25, -0.2) is 0 Å². The molecule has 0 aliphatic heterocycles. The molecule has 0 heterocycles. The predicted octanol–water partition coefficient (Wildman–Crippen LogP) is 3.37. The van der Waals surface area contributed by atoms with Crippen LogP contribution in [0.25, 0.3) is 0 Å². The first kappa shape index (κ1) is 12.4. The molecule has 0 N–H and O–H groups in total. The second-order valence-electron chi connectivity index (χ2n) is 3.50. The van der Waals surface area contributed by atoms with Gasteiger partial charge in [0.15, 0.2) is 5.78 Å². The first-order valence-electron chi connectivity index (χ1n) is 4.93. The number of hydrogen-bond acceptors (Lipinski definition) is 2. The molecule has 0 unspecified atom stereocenters. The smallest absolute Gasteiger partial charge is 0.164 e. The molecular formula is C12H15BrO2. The summed E-state index contributed by atoms with van der Waals surface area (Å²) in [5, 5.41) is 0. The van der Waals surface area contributed by atoms with E-state index >= 15 is 0 Å². The van der Waals surface area contributed by atoms with E-state index in [0.29, 0.717) is 13.0 Å². The summed E-state index contributed by atoms with van der Waals surface area (Å²) < 4.78 is 5.79. The maximum atomic E-state index is 11.8.